The fourth-order valence-electron chi connectivity index (χ4n) is 2.00. The summed E-state index contributed by atoms with van der Waals surface area (Å²) in [7, 11) is 0. The Hall–Kier alpha value is -2.23. The molecule has 0 spiro atoms. The monoisotopic (exact) mass is 274 g/mol. The lowest BCUT2D eigenvalue weighted by Crippen LogP contribution is -2.13. The second-order valence-electron chi connectivity index (χ2n) is 5.60. The van der Waals surface area contributed by atoms with Crippen LogP contribution >= 0.6 is 0 Å². The molecule has 20 heavy (non-hydrogen) atoms. The van der Waals surface area contributed by atoms with E-state index in [9.17, 15) is 4.79 Å². The van der Waals surface area contributed by atoms with Crippen molar-refractivity contribution in [2.24, 2.45) is 0 Å². The fourth-order valence-corrected chi connectivity index (χ4v) is 2.00. The summed E-state index contributed by atoms with van der Waals surface area (Å²) < 4.78 is 10.9. The second kappa shape index (κ2) is 5.41. The van der Waals surface area contributed by atoms with E-state index in [0.29, 0.717) is 5.76 Å². The third-order valence-electron chi connectivity index (χ3n) is 3.03. The summed E-state index contributed by atoms with van der Waals surface area (Å²) in [5.41, 5.74) is 1.16. The van der Waals surface area contributed by atoms with Crippen LogP contribution in [0.3, 0.4) is 0 Å². The topological polar surface area (TPSA) is 59.7 Å². The first kappa shape index (κ1) is 14.2. The molecule has 1 N–H and O–H groups in total. The zero-order chi connectivity index (χ0) is 14.8. The smallest absolute Gasteiger partial charge is 0.339 e. The molecule has 0 aliphatic rings. The molecule has 0 fully saturated rings. The zero-order valence-electron chi connectivity index (χ0n) is 11.8. The maximum Gasteiger partial charge on any atom is 0.339 e. The van der Waals surface area contributed by atoms with Gasteiger partial charge >= 0.3 is 5.97 Å². The summed E-state index contributed by atoms with van der Waals surface area (Å²) in [6.07, 6.45) is 1.36. The number of para-hydroxylation sites is 1. The summed E-state index contributed by atoms with van der Waals surface area (Å²) in [5, 5.41) is 9.02. The van der Waals surface area contributed by atoms with E-state index in [4.69, 9.17) is 14.3 Å². The highest BCUT2D eigenvalue weighted by Crippen LogP contribution is 2.31. The fraction of sp³-hybridized carbons (Fsp3) is 0.312. The number of carboxylic acids is 1. The van der Waals surface area contributed by atoms with E-state index in [-0.39, 0.29) is 17.6 Å². The van der Waals surface area contributed by atoms with E-state index >= 15 is 0 Å². The van der Waals surface area contributed by atoms with Gasteiger partial charge in [0.1, 0.15) is 17.9 Å². The molecule has 0 unspecified atom stereocenters. The quantitative estimate of drug-likeness (QED) is 0.919. The molecule has 106 valence electrons. The first-order valence-electron chi connectivity index (χ1n) is 6.41. The molecule has 1 aromatic carbocycles. The highest BCUT2D eigenvalue weighted by Gasteiger charge is 2.19. The van der Waals surface area contributed by atoms with Crippen LogP contribution in [0.5, 0.6) is 5.75 Å². The minimum atomic E-state index is -1.01. The molecule has 4 heteroatoms. The highest BCUT2D eigenvalue weighted by atomic mass is 16.5. The lowest BCUT2D eigenvalue weighted by molar-refractivity contribution is 0.0691. The Morgan fingerprint density at radius 2 is 1.95 bits per heavy atom. The van der Waals surface area contributed by atoms with Crippen LogP contribution in [-0.2, 0) is 12.0 Å². The van der Waals surface area contributed by atoms with Crippen LogP contribution in [0.1, 0.15) is 42.5 Å². The summed E-state index contributed by atoms with van der Waals surface area (Å²) in [4.78, 5) is 11.0. The van der Waals surface area contributed by atoms with Gasteiger partial charge < -0.3 is 14.3 Å². The molecule has 0 saturated carbocycles. The molecule has 0 bridgehead atoms. The van der Waals surface area contributed by atoms with Gasteiger partial charge in [-0.1, -0.05) is 39.0 Å². The molecule has 0 saturated heterocycles. The number of hydrogen-bond donors (Lipinski definition) is 1. The molecule has 0 atom stereocenters. The Morgan fingerprint density at radius 3 is 2.60 bits per heavy atom. The lowest BCUT2D eigenvalue weighted by Gasteiger charge is -2.22. The van der Waals surface area contributed by atoms with Crippen molar-refractivity contribution < 1.29 is 19.1 Å². The molecule has 2 aromatic rings. The summed E-state index contributed by atoms with van der Waals surface area (Å²) in [6, 6.07) is 9.17. The number of carbonyl (C=O) groups is 1. The Kier molecular flexibility index (Phi) is 3.84. The van der Waals surface area contributed by atoms with Crippen molar-refractivity contribution in [3.63, 3.8) is 0 Å². The number of carboxylic acid groups (broad SMARTS) is 1. The number of furan rings is 1. The minimum Gasteiger partial charge on any atom is -0.485 e. The van der Waals surface area contributed by atoms with Crippen LogP contribution in [0.2, 0.25) is 0 Å². The Morgan fingerprint density at radius 1 is 1.25 bits per heavy atom. The number of hydrogen-bond acceptors (Lipinski definition) is 3. The summed E-state index contributed by atoms with van der Waals surface area (Å²) in [6.45, 7) is 6.40. The molecular formula is C16H18O4. The predicted octanol–water partition coefficient (Wildman–Crippen LogP) is 3.85. The van der Waals surface area contributed by atoms with Crippen molar-refractivity contribution in [3.05, 3.63) is 53.5 Å². The second-order valence-corrected chi connectivity index (χ2v) is 5.60. The van der Waals surface area contributed by atoms with Gasteiger partial charge in [-0.3, -0.25) is 0 Å². The van der Waals surface area contributed by atoms with Gasteiger partial charge in [-0.05, 0) is 23.1 Å². The molecule has 0 amide bonds. The van der Waals surface area contributed by atoms with E-state index in [1.807, 2.05) is 24.3 Å². The van der Waals surface area contributed by atoms with Gasteiger partial charge in [0.2, 0.25) is 0 Å². The average Bonchev–Trinajstić information content (AvgIpc) is 2.84. The van der Waals surface area contributed by atoms with E-state index in [1.54, 1.807) is 0 Å². The Balaban J connectivity index is 2.20. The van der Waals surface area contributed by atoms with Crippen molar-refractivity contribution in [2.45, 2.75) is 32.8 Å². The first-order valence-corrected chi connectivity index (χ1v) is 6.41. The normalized spacial score (nSPS) is 11.3. The van der Waals surface area contributed by atoms with Gasteiger partial charge in [-0.2, -0.15) is 0 Å². The van der Waals surface area contributed by atoms with Gasteiger partial charge in [0.15, 0.2) is 5.76 Å². The molecule has 4 nitrogen and oxygen atoms in total. The number of rotatable bonds is 4. The third kappa shape index (κ3) is 3.02. The Bertz CT molecular complexity index is 605. The highest BCUT2D eigenvalue weighted by molar-refractivity contribution is 5.88. The maximum atomic E-state index is 11.0. The predicted molar refractivity (Wildman–Crippen MR) is 75.1 cm³/mol. The zero-order valence-corrected chi connectivity index (χ0v) is 11.8. The number of aromatic carboxylic acids is 1. The van der Waals surface area contributed by atoms with Crippen molar-refractivity contribution in [1.82, 2.24) is 0 Å². The standard InChI is InChI=1S/C16H18O4/c1-16(2,3)12-6-4-5-7-13(12)20-10-14-11(15(17)18)8-9-19-14/h4-9H,10H2,1-3H3,(H,17,18). The van der Waals surface area contributed by atoms with E-state index in [2.05, 4.69) is 20.8 Å². The molecule has 0 radical (unpaired) electrons. The van der Waals surface area contributed by atoms with Gasteiger partial charge in [0.05, 0.1) is 6.26 Å². The van der Waals surface area contributed by atoms with Gasteiger partial charge in [-0.25, -0.2) is 4.79 Å². The van der Waals surface area contributed by atoms with Crippen LogP contribution in [-0.4, -0.2) is 11.1 Å². The van der Waals surface area contributed by atoms with Crippen molar-refractivity contribution in [3.8, 4) is 5.75 Å². The largest absolute Gasteiger partial charge is 0.485 e. The summed E-state index contributed by atoms with van der Waals surface area (Å²) in [5.74, 6) is 0.0513. The lowest BCUT2D eigenvalue weighted by atomic mass is 9.86. The maximum absolute atomic E-state index is 11.0. The van der Waals surface area contributed by atoms with E-state index in [0.717, 1.165) is 11.3 Å². The number of benzene rings is 1. The minimum absolute atomic E-state index is 0.0462. The molecule has 0 aliphatic carbocycles. The van der Waals surface area contributed by atoms with E-state index < -0.39 is 5.97 Å². The third-order valence-corrected chi connectivity index (χ3v) is 3.03. The first-order chi connectivity index (χ1) is 9.39. The van der Waals surface area contributed by atoms with Crippen LogP contribution in [0.4, 0.5) is 0 Å². The van der Waals surface area contributed by atoms with Crippen LogP contribution in [0.25, 0.3) is 0 Å². The van der Waals surface area contributed by atoms with Gasteiger partial charge in [0.25, 0.3) is 0 Å². The molecule has 1 heterocycles. The molecule has 1 aromatic heterocycles. The van der Waals surface area contributed by atoms with Crippen molar-refractivity contribution >= 4 is 5.97 Å². The molecular weight excluding hydrogens is 256 g/mol. The number of ether oxygens (including phenoxy) is 1. The van der Waals surface area contributed by atoms with Crippen LogP contribution in [0.15, 0.2) is 41.0 Å². The SMILES string of the molecule is CC(C)(C)c1ccccc1OCc1occc1C(=O)O. The van der Waals surface area contributed by atoms with Gasteiger partial charge in [-0.15, -0.1) is 0 Å². The Labute approximate surface area is 118 Å². The van der Waals surface area contributed by atoms with Crippen LogP contribution in [0, 0.1) is 0 Å². The van der Waals surface area contributed by atoms with E-state index in [1.165, 1.54) is 12.3 Å². The summed E-state index contributed by atoms with van der Waals surface area (Å²) >= 11 is 0. The average molecular weight is 274 g/mol. The van der Waals surface area contributed by atoms with Crippen LogP contribution < -0.4 is 4.74 Å². The van der Waals surface area contributed by atoms with Crippen molar-refractivity contribution in [2.75, 3.05) is 0 Å². The molecule has 0 aliphatic heterocycles. The van der Waals surface area contributed by atoms with Gasteiger partial charge in [0, 0.05) is 0 Å². The van der Waals surface area contributed by atoms with Crippen molar-refractivity contribution in [1.29, 1.82) is 0 Å². The molecule has 2 rings (SSSR count).